The highest BCUT2D eigenvalue weighted by Crippen LogP contribution is 2.27. The number of hydrogen-bond acceptors (Lipinski definition) is 5. The first-order valence-corrected chi connectivity index (χ1v) is 11.4. The number of H-pyrrole nitrogens is 1. The number of rotatable bonds is 6. The average molecular weight is 493 g/mol. The van der Waals surface area contributed by atoms with Crippen molar-refractivity contribution in [3.8, 4) is 0 Å². The van der Waals surface area contributed by atoms with Crippen molar-refractivity contribution in [2.75, 3.05) is 11.5 Å². The topological polar surface area (TPSA) is 115 Å². The van der Waals surface area contributed by atoms with E-state index in [2.05, 4.69) is 10.3 Å². The largest absolute Gasteiger partial charge is 0.465 e. The molecule has 0 spiro atoms. The lowest BCUT2D eigenvalue weighted by Gasteiger charge is -2.26. The van der Waals surface area contributed by atoms with E-state index in [1.807, 2.05) is 24.3 Å². The van der Waals surface area contributed by atoms with Crippen LogP contribution < -0.4 is 10.2 Å². The minimum atomic E-state index is -0.972. The lowest BCUT2D eigenvalue weighted by Crippen LogP contribution is -2.43. The third-order valence-electron chi connectivity index (χ3n) is 5.60. The third kappa shape index (κ3) is 5.33. The van der Waals surface area contributed by atoms with Crippen molar-refractivity contribution < 1.29 is 24.2 Å². The molecule has 0 unspecified atom stereocenters. The van der Waals surface area contributed by atoms with Gasteiger partial charge in [-0.3, -0.25) is 15.0 Å². The Balaban J connectivity index is 1.63. The average Bonchev–Trinajstić information content (AvgIpc) is 3.50. The number of amides is 2. The second kappa shape index (κ2) is 10.4. The zero-order valence-electron chi connectivity index (χ0n) is 19.0. The van der Waals surface area contributed by atoms with Crippen LogP contribution >= 0.6 is 12.2 Å². The number of aromatic nitrogens is 1. The maximum Gasteiger partial charge on any atom is 0.407 e. The monoisotopic (exact) mass is 492 g/mol. The quantitative estimate of drug-likeness (QED) is 0.353. The van der Waals surface area contributed by atoms with Gasteiger partial charge in [0.2, 0.25) is 0 Å². The molecule has 2 aromatic carbocycles. The van der Waals surface area contributed by atoms with Gasteiger partial charge in [0.1, 0.15) is 5.69 Å². The van der Waals surface area contributed by atoms with Crippen LogP contribution in [0.1, 0.15) is 44.5 Å². The molecule has 0 bridgehead atoms. The molecular weight excluding hydrogens is 468 g/mol. The Morgan fingerprint density at radius 3 is 2.57 bits per heavy atom. The summed E-state index contributed by atoms with van der Waals surface area (Å²) < 4.78 is 5.16. The minimum absolute atomic E-state index is 0.108. The van der Waals surface area contributed by atoms with Crippen LogP contribution in [-0.2, 0) is 24.4 Å². The molecular formula is C25H24N4O5S. The van der Waals surface area contributed by atoms with Crippen LogP contribution in [0.4, 0.5) is 10.5 Å². The van der Waals surface area contributed by atoms with Gasteiger partial charge < -0.3 is 19.7 Å². The third-order valence-corrected chi connectivity index (χ3v) is 5.92. The number of carbonyl (C=O) groups excluding carboxylic acids is 2. The van der Waals surface area contributed by atoms with Gasteiger partial charge in [-0.2, -0.15) is 0 Å². The van der Waals surface area contributed by atoms with Crippen LogP contribution in [0.3, 0.4) is 0 Å². The smallest absolute Gasteiger partial charge is 0.407 e. The van der Waals surface area contributed by atoms with Crippen LogP contribution in [-0.4, -0.2) is 44.7 Å². The molecule has 10 heteroatoms. The summed E-state index contributed by atoms with van der Waals surface area (Å²) in [7, 11) is 0. The maximum absolute atomic E-state index is 12.8. The summed E-state index contributed by atoms with van der Waals surface area (Å²) in [5.74, 6) is -0.916. The van der Waals surface area contributed by atoms with Crippen molar-refractivity contribution >= 4 is 41.0 Å². The molecule has 0 fully saturated rings. The molecule has 0 aliphatic carbocycles. The number of esters is 1. The number of benzene rings is 2. The van der Waals surface area contributed by atoms with Gasteiger partial charge >= 0.3 is 12.1 Å². The zero-order valence-corrected chi connectivity index (χ0v) is 19.8. The predicted octanol–water partition coefficient (Wildman–Crippen LogP) is 3.91. The van der Waals surface area contributed by atoms with E-state index in [0.29, 0.717) is 24.3 Å². The van der Waals surface area contributed by atoms with Gasteiger partial charge in [0.25, 0.3) is 5.91 Å². The molecule has 0 atom stereocenters. The summed E-state index contributed by atoms with van der Waals surface area (Å²) >= 11 is 5.60. The Kier molecular flexibility index (Phi) is 7.11. The molecule has 0 saturated heterocycles. The summed E-state index contributed by atoms with van der Waals surface area (Å²) in [4.78, 5) is 42.5. The molecule has 3 aromatic rings. The van der Waals surface area contributed by atoms with Crippen LogP contribution in [0.5, 0.6) is 0 Å². The van der Waals surface area contributed by atoms with Crippen molar-refractivity contribution in [2.45, 2.75) is 26.6 Å². The molecule has 1 aliphatic rings. The molecule has 1 aromatic heterocycles. The van der Waals surface area contributed by atoms with Crippen molar-refractivity contribution in [3.05, 3.63) is 88.7 Å². The number of carbonyl (C=O) groups is 3. The number of anilines is 1. The standard InChI is InChI=1S/C25H24N4O5S/c1-2-34-23(31)21-20(10-11-26-21)29(24(35)27-22(30)17-6-4-3-5-7-17)13-16-8-9-18-14-28(25(32)33)15-19(18)12-16/h3-12,26H,2,13-15H2,1H3,(H,32,33)(H,27,30,35). The molecule has 2 heterocycles. The number of nitrogens with one attached hydrogen (secondary N) is 2. The molecule has 3 N–H and O–H groups in total. The summed E-state index contributed by atoms with van der Waals surface area (Å²) in [5, 5.41) is 12.2. The highest BCUT2D eigenvalue weighted by atomic mass is 32.1. The Hall–Kier alpha value is -4.18. The van der Waals surface area contributed by atoms with Crippen molar-refractivity contribution in [2.24, 2.45) is 0 Å². The van der Waals surface area contributed by atoms with Crippen molar-refractivity contribution in [1.29, 1.82) is 0 Å². The number of nitrogens with zero attached hydrogens (tertiary/aromatic N) is 2. The lowest BCUT2D eigenvalue weighted by molar-refractivity contribution is 0.0521. The molecule has 0 radical (unpaired) electrons. The summed E-state index contributed by atoms with van der Waals surface area (Å²) in [5.41, 5.74) is 3.79. The minimum Gasteiger partial charge on any atom is -0.465 e. The SMILES string of the molecule is CCOC(=O)c1[nH]ccc1N(Cc1ccc2c(c1)CN(C(=O)O)C2)C(=S)NC(=O)c1ccccc1. The molecule has 2 amide bonds. The first kappa shape index (κ1) is 24.0. The zero-order chi connectivity index (χ0) is 24.9. The van der Waals surface area contributed by atoms with Crippen LogP contribution in [0.25, 0.3) is 0 Å². The van der Waals surface area contributed by atoms with Crippen LogP contribution in [0.2, 0.25) is 0 Å². The van der Waals surface area contributed by atoms with Gasteiger partial charge in [0.05, 0.1) is 18.8 Å². The Labute approximate surface area is 207 Å². The second-order valence-electron chi connectivity index (χ2n) is 7.91. The fourth-order valence-corrected chi connectivity index (χ4v) is 4.17. The predicted molar refractivity (Wildman–Crippen MR) is 133 cm³/mol. The summed E-state index contributed by atoms with van der Waals surface area (Å²) in [6.07, 6.45) is 0.629. The van der Waals surface area contributed by atoms with E-state index < -0.39 is 12.1 Å². The highest BCUT2D eigenvalue weighted by Gasteiger charge is 2.26. The highest BCUT2D eigenvalue weighted by molar-refractivity contribution is 7.80. The van der Waals surface area contributed by atoms with Gasteiger partial charge in [-0.25, -0.2) is 9.59 Å². The fraction of sp³-hybridized carbons (Fsp3) is 0.200. The maximum atomic E-state index is 12.8. The van der Waals surface area contributed by atoms with E-state index >= 15 is 0 Å². The molecule has 4 rings (SSSR count). The number of carboxylic acid groups (broad SMARTS) is 1. The van der Waals surface area contributed by atoms with Gasteiger partial charge in [-0.15, -0.1) is 0 Å². The second-order valence-corrected chi connectivity index (χ2v) is 8.30. The molecule has 180 valence electrons. The molecule has 1 aliphatic heterocycles. The summed E-state index contributed by atoms with van der Waals surface area (Å²) in [6, 6.07) is 16.1. The molecule has 35 heavy (non-hydrogen) atoms. The van der Waals surface area contributed by atoms with E-state index in [1.54, 1.807) is 48.4 Å². The van der Waals surface area contributed by atoms with E-state index in [9.17, 15) is 19.5 Å². The van der Waals surface area contributed by atoms with Crippen molar-refractivity contribution in [3.63, 3.8) is 0 Å². The Morgan fingerprint density at radius 1 is 1.11 bits per heavy atom. The fourth-order valence-electron chi connectivity index (χ4n) is 3.91. The van der Waals surface area contributed by atoms with Crippen LogP contribution in [0, 0.1) is 0 Å². The number of aromatic amines is 1. The Morgan fingerprint density at radius 2 is 1.86 bits per heavy atom. The normalized spacial score (nSPS) is 12.1. The van der Waals surface area contributed by atoms with Gasteiger partial charge in [0, 0.05) is 24.8 Å². The number of fused-ring (bicyclic) bond motifs is 1. The lowest BCUT2D eigenvalue weighted by atomic mass is 10.1. The van der Waals surface area contributed by atoms with Gasteiger partial charge in [-0.05, 0) is 54.0 Å². The summed E-state index contributed by atoms with van der Waals surface area (Å²) in [6.45, 7) is 2.79. The van der Waals surface area contributed by atoms with Gasteiger partial charge in [-0.1, -0.05) is 36.4 Å². The van der Waals surface area contributed by atoms with Crippen molar-refractivity contribution in [1.82, 2.24) is 15.2 Å². The van der Waals surface area contributed by atoms with Gasteiger partial charge in [0.15, 0.2) is 5.11 Å². The van der Waals surface area contributed by atoms with E-state index in [-0.39, 0.29) is 29.9 Å². The van der Waals surface area contributed by atoms with E-state index in [0.717, 1.165) is 16.7 Å². The Bertz CT molecular complexity index is 1270. The first-order chi connectivity index (χ1) is 16.9. The number of ether oxygens (including phenoxy) is 1. The molecule has 9 nitrogen and oxygen atoms in total. The van der Waals surface area contributed by atoms with Crippen LogP contribution in [0.15, 0.2) is 60.8 Å². The first-order valence-electron chi connectivity index (χ1n) is 11.0. The molecule has 0 saturated carbocycles. The number of thiocarbonyl (C=S) groups is 1. The number of hydrogen-bond donors (Lipinski definition) is 3. The van der Waals surface area contributed by atoms with E-state index in [1.165, 1.54) is 4.90 Å². The van der Waals surface area contributed by atoms with E-state index in [4.69, 9.17) is 17.0 Å².